The molecule has 0 aliphatic heterocycles. The van der Waals surface area contributed by atoms with Crippen molar-refractivity contribution in [3.63, 3.8) is 0 Å². The highest BCUT2D eigenvalue weighted by Crippen LogP contribution is 2.21. The Morgan fingerprint density at radius 2 is 2.19 bits per heavy atom. The number of carboxylic acids is 1. The zero-order valence-electron chi connectivity index (χ0n) is 9.10. The number of nitrogens with zero attached hydrogens (tertiary/aromatic N) is 4. The van der Waals surface area contributed by atoms with Crippen molar-refractivity contribution in [3.05, 3.63) is 16.5 Å². The second-order valence-electron chi connectivity index (χ2n) is 3.22. The van der Waals surface area contributed by atoms with Crippen molar-refractivity contribution in [2.45, 2.75) is 6.92 Å². The Bertz CT molecular complexity index is 445. The number of aromatic nitrogens is 2. The summed E-state index contributed by atoms with van der Waals surface area (Å²) >= 11 is 3.21. The zero-order valence-corrected chi connectivity index (χ0v) is 10.7. The minimum atomic E-state index is -1.17. The van der Waals surface area contributed by atoms with E-state index in [4.69, 9.17) is 5.11 Å². The van der Waals surface area contributed by atoms with Crippen molar-refractivity contribution >= 4 is 33.6 Å². The van der Waals surface area contributed by atoms with E-state index < -0.39 is 5.97 Å². The Morgan fingerprint density at radius 3 is 2.69 bits per heavy atom. The van der Waals surface area contributed by atoms with Crippen LogP contribution in [0, 0.1) is 0 Å². The number of hydrogen-bond donors (Lipinski definition) is 1. The first-order valence-electron chi connectivity index (χ1n) is 4.40. The molecule has 7 heteroatoms. The SMILES string of the molecule is CC(=Nc1nc(C(=O)O)ncc1Br)N(C)C. The molecular weight excluding hydrogens is 276 g/mol. The molecule has 0 atom stereocenters. The predicted octanol–water partition coefficient (Wildman–Crippen LogP) is 1.55. The quantitative estimate of drug-likeness (QED) is 0.659. The summed E-state index contributed by atoms with van der Waals surface area (Å²) < 4.78 is 0.554. The van der Waals surface area contributed by atoms with Gasteiger partial charge in [0.25, 0.3) is 0 Å². The summed E-state index contributed by atoms with van der Waals surface area (Å²) in [5, 5.41) is 8.74. The molecule has 0 aromatic carbocycles. The van der Waals surface area contributed by atoms with Crippen LogP contribution in [0.25, 0.3) is 0 Å². The molecule has 0 spiro atoms. The van der Waals surface area contributed by atoms with Crippen molar-refractivity contribution in [1.82, 2.24) is 14.9 Å². The number of carboxylic acid groups (broad SMARTS) is 1. The van der Waals surface area contributed by atoms with Gasteiger partial charge in [0.1, 0.15) is 5.84 Å². The fourth-order valence-electron chi connectivity index (χ4n) is 0.793. The number of amidine groups is 1. The lowest BCUT2D eigenvalue weighted by molar-refractivity contribution is 0.0683. The van der Waals surface area contributed by atoms with E-state index in [-0.39, 0.29) is 5.82 Å². The molecule has 0 unspecified atom stereocenters. The number of halogens is 1. The third-order valence-corrected chi connectivity index (χ3v) is 2.39. The van der Waals surface area contributed by atoms with Crippen LogP contribution >= 0.6 is 15.9 Å². The van der Waals surface area contributed by atoms with Crippen molar-refractivity contribution in [3.8, 4) is 0 Å². The molecule has 1 N–H and O–H groups in total. The van der Waals surface area contributed by atoms with Crippen LogP contribution in [0.5, 0.6) is 0 Å². The van der Waals surface area contributed by atoms with E-state index in [1.165, 1.54) is 6.20 Å². The molecule has 0 amide bonds. The molecule has 0 fully saturated rings. The van der Waals surface area contributed by atoms with E-state index in [9.17, 15) is 4.79 Å². The largest absolute Gasteiger partial charge is 0.475 e. The summed E-state index contributed by atoms with van der Waals surface area (Å²) in [5.74, 6) is -0.422. The first kappa shape index (κ1) is 12.6. The van der Waals surface area contributed by atoms with Gasteiger partial charge in [0.2, 0.25) is 5.82 Å². The second-order valence-corrected chi connectivity index (χ2v) is 4.08. The van der Waals surface area contributed by atoms with Crippen LogP contribution in [-0.2, 0) is 0 Å². The van der Waals surface area contributed by atoms with E-state index >= 15 is 0 Å². The summed E-state index contributed by atoms with van der Waals surface area (Å²) in [6.07, 6.45) is 1.37. The smallest absolute Gasteiger partial charge is 0.374 e. The summed E-state index contributed by atoms with van der Waals surface area (Å²) in [4.78, 5) is 24.1. The van der Waals surface area contributed by atoms with Gasteiger partial charge in [-0.25, -0.2) is 19.8 Å². The fraction of sp³-hybridized carbons (Fsp3) is 0.333. The molecule has 0 aliphatic rings. The number of aliphatic imine (C=N–C) groups is 1. The molecule has 0 saturated heterocycles. The second kappa shape index (κ2) is 5.02. The van der Waals surface area contributed by atoms with Gasteiger partial charge >= 0.3 is 5.97 Å². The highest BCUT2D eigenvalue weighted by atomic mass is 79.9. The maximum absolute atomic E-state index is 10.7. The molecule has 1 aromatic rings. The van der Waals surface area contributed by atoms with Crippen LogP contribution in [0.15, 0.2) is 15.7 Å². The summed E-state index contributed by atoms with van der Waals surface area (Å²) in [7, 11) is 3.68. The summed E-state index contributed by atoms with van der Waals surface area (Å²) in [5.41, 5.74) is 0. The topological polar surface area (TPSA) is 78.7 Å². The van der Waals surface area contributed by atoms with Crippen molar-refractivity contribution in [2.75, 3.05) is 14.1 Å². The highest BCUT2D eigenvalue weighted by Gasteiger charge is 2.10. The molecule has 0 saturated carbocycles. The van der Waals surface area contributed by atoms with Gasteiger partial charge in [-0.05, 0) is 22.9 Å². The van der Waals surface area contributed by atoms with E-state index in [1.54, 1.807) is 11.8 Å². The first-order chi connectivity index (χ1) is 7.41. The Balaban J connectivity index is 3.18. The van der Waals surface area contributed by atoms with Crippen molar-refractivity contribution < 1.29 is 9.90 Å². The minimum Gasteiger partial charge on any atom is -0.475 e. The van der Waals surface area contributed by atoms with Gasteiger partial charge in [0, 0.05) is 20.3 Å². The summed E-state index contributed by atoms with van der Waals surface area (Å²) in [6.45, 7) is 1.80. The van der Waals surface area contributed by atoms with Crippen molar-refractivity contribution in [1.29, 1.82) is 0 Å². The van der Waals surface area contributed by atoms with E-state index in [0.717, 1.165) is 5.84 Å². The standard InChI is InChI=1S/C9H11BrN4O2/c1-5(14(2)3)12-7-6(10)4-11-8(13-7)9(15)16/h4H,1-3H3,(H,15,16). The monoisotopic (exact) mass is 286 g/mol. The van der Waals surface area contributed by atoms with Gasteiger partial charge in [-0.2, -0.15) is 0 Å². The molecule has 6 nitrogen and oxygen atoms in total. The predicted molar refractivity (Wildman–Crippen MR) is 63.1 cm³/mol. The van der Waals surface area contributed by atoms with E-state index in [0.29, 0.717) is 10.3 Å². The molecule has 0 bridgehead atoms. The average molecular weight is 287 g/mol. The van der Waals surface area contributed by atoms with Crippen LogP contribution in [0.2, 0.25) is 0 Å². The molecule has 1 heterocycles. The molecule has 1 rings (SSSR count). The van der Waals surface area contributed by atoms with Crippen LogP contribution in [0.1, 0.15) is 17.5 Å². The zero-order chi connectivity index (χ0) is 12.3. The van der Waals surface area contributed by atoms with E-state index in [1.807, 2.05) is 14.1 Å². The fourth-order valence-corrected chi connectivity index (χ4v) is 1.07. The third-order valence-electron chi connectivity index (χ3n) is 1.83. The molecule has 16 heavy (non-hydrogen) atoms. The van der Waals surface area contributed by atoms with Gasteiger partial charge in [0.15, 0.2) is 5.82 Å². The van der Waals surface area contributed by atoms with Gasteiger partial charge < -0.3 is 10.0 Å². The molecule has 0 radical (unpaired) electrons. The lowest BCUT2D eigenvalue weighted by Gasteiger charge is -2.10. The molecule has 0 aliphatic carbocycles. The number of carbonyl (C=O) groups is 1. The lowest BCUT2D eigenvalue weighted by Crippen LogP contribution is -2.18. The molecule has 1 aromatic heterocycles. The normalized spacial score (nSPS) is 11.4. The molecular formula is C9H11BrN4O2. The van der Waals surface area contributed by atoms with Gasteiger partial charge in [-0.3, -0.25) is 0 Å². The van der Waals surface area contributed by atoms with Crippen LogP contribution in [0.3, 0.4) is 0 Å². The van der Waals surface area contributed by atoms with Gasteiger partial charge in [-0.15, -0.1) is 0 Å². The number of rotatable bonds is 2. The number of aromatic carboxylic acids is 1. The minimum absolute atomic E-state index is 0.270. The molecule has 86 valence electrons. The lowest BCUT2D eigenvalue weighted by atomic mass is 10.5. The Kier molecular flexibility index (Phi) is 3.94. The Labute approximate surface area is 101 Å². The van der Waals surface area contributed by atoms with Crippen LogP contribution in [0.4, 0.5) is 5.82 Å². The Hall–Kier alpha value is -1.50. The van der Waals surface area contributed by atoms with Crippen LogP contribution in [-0.4, -0.2) is 45.9 Å². The highest BCUT2D eigenvalue weighted by molar-refractivity contribution is 9.10. The maximum Gasteiger partial charge on any atom is 0.374 e. The number of hydrogen-bond acceptors (Lipinski definition) is 4. The third kappa shape index (κ3) is 2.99. The van der Waals surface area contributed by atoms with Gasteiger partial charge in [-0.1, -0.05) is 0 Å². The summed E-state index contributed by atoms with van der Waals surface area (Å²) in [6, 6.07) is 0. The Morgan fingerprint density at radius 1 is 1.56 bits per heavy atom. The maximum atomic E-state index is 10.7. The van der Waals surface area contributed by atoms with Gasteiger partial charge in [0.05, 0.1) is 4.47 Å². The first-order valence-corrected chi connectivity index (χ1v) is 5.19. The van der Waals surface area contributed by atoms with E-state index in [2.05, 4.69) is 30.9 Å². The van der Waals surface area contributed by atoms with Crippen LogP contribution < -0.4 is 0 Å². The van der Waals surface area contributed by atoms with Crippen molar-refractivity contribution in [2.24, 2.45) is 4.99 Å². The average Bonchev–Trinajstić information content (AvgIpc) is 2.20.